The predicted octanol–water partition coefficient (Wildman–Crippen LogP) is 4.95. The lowest BCUT2D eigenvalue weighted by atomic mass is 10.1. The average Bonchev–Trinajstić information content (AvgIpc) is 3.36. The zero-order valence-corrected chi connectivity index (χ0v) is 17.5. The molecule has 1 aromatic carbocycles. The standard InChI is InChI=1S/C22H23N3O4S/c1-2-3-9-21-23-18(12-17(22(26)27)13-20-8-5-10-30-20)15-24(21)14-16-6-4-7-19(11-16)25(28)29/h4-8,10-12,15H,2-3,9,13-14H2,1H3,(H,26,27). The molecule has 0 saturated heterocycles. The number of hydrogen-bond donors (Lipinski definition) is 1. The number of nitrogens with zero attached hydrogens (tertiary/aromatic N) is 3. The molecule has 0 fully saturated rings. The van der Waals surface area contributed by atoms with Gasteiger partial charge in [-0.3, -0.25) is 10.1 Å². The third-order valence-electron chi connectivity index (χ3n) is 4.65. The van der Waals surface area contributed by atoms with Crippen LogP contribution in [0.4, 0.5) is 5.69 Å². The molecule has 0 aliphatic carbocycles. The Balaban J connectivity index is 1.90. The summed E-state index contributed by atoms with van der Waals surface area (Å²) in [7, 11) is 0. The number of nitro benzene ring substituents is 1. The van der Waals surface area contributed by atoms with Crippen LogP contribution < -0.4 is 0 Å². The lowest BCUT2D eigenvalue weighted by Gasteiger charge is -2.07. The molecule has 0 bridgehead atoms. The number of non-ortho nitro benzene ring substituents is 1. The van der Waals surface area contributed by atoms with Crippen LogP contribution in [0.25, 0.3) is 6.08 Å². The molecule has 0 radical (unpaired) electrons. The van der Waals surface area contributed by atoms with Crippen molar-refractivity contribution in [3.05, 3.63) is 85.6 Å². The second kappa shape index (κ2) is 9.98. The van der Waals surface area contributed by atoms with E-state index >= 15 is 0 Å². The summed E-state index contributed by atoms with van der Waals surface area (Å²) in [5.41, 5.74) is 1.71. The molecule has 2 aromatic heterocycles. The maximum absolute atomic E-state index is 11.7. The third kappa shape index (κ3) is 5.64. The van der Waals surface area contributed by atoms with Crippen LogP contribution in [0.1, 0.15) is 41.7 Å². The second-order valence-electron chi connectivity index (χ2n) is 6.97. The highest BCUT2D eigenvalue weighted by atomic mass is 32.1. The summed E-state index contributed by atoms with van der Waals surface area (Å²) >= 11 is 1.52. The summed E-state index contributed by atoms with van der Waals surface area (Å²) in [6, 6.07) is 10.3. The quantitative estimate of drug-likeness (QED) is 0.281. The molecule has 3 rings (SSSR count). The lowest BCUT2D eigenvalue weighted by Crippen LogP contribution is -2.04. The number of aromatic nitrogens is 2. The van der Waals surface area contributed by atoms with Crippen molar-refractivity contribution in [1.29, 1.82) is 0 Å². The third-order valence-corrected chi connectivity index (χ3v) is 5.52. The molecule has 30 heavy (non-hydrogen) atoms. The van der Waals surface area contributed by atoms with Crippen LogP contribution >= 0.6 is 11.3 Å². The summed E-state index contributed by atoms with van der Waals surface area (Å²) in [5.74, 6) is -0.123. The largest absolute Gasteiger partial charge is 0.478 e. The number of aliphatic carboxylic acids is 1. The summed E-state index contributed by atoms with van der Waals surface area (Å²) in [4.78, 5) is 28.0. The molecule has 3 aromatic rings. The number of carboxylic acid groups (broad SMARTS) is 1. The number of rotatable bonds is 10. The molecule has 0 aliphatic heterocycles. The van der Waals surface area contributed by atoms with Crippen LogP contribution in [0.2, 0.25) is 0 Å². The zero-order chi connectivity index (χ0) is 21.5. The van der Waals surface area contributed by atoms with Gasteiger partial charge in [0.2, 0.25) is 0 Å². The van der Waals surface area contributed by atoms with E-state index in [-0.39, 0.29) is 11.3 Å². The molecule has 0 atom stereocenters. The Labute approximate surface area is 178 Å². The van der Waals surface area contributed by atoms with E-state index in [0.717, 1.165) is 35.5 Å². The Bertz CT molecular complexity index is 1050. The number of imidazole rings is 1. The van der Waals surface area contributed by atoms with Gasteiger partial charge in [-0.05, 0) is 29.5 Å². The second-order valence-corrected chi connectivity index (χ2v) is 8.00. The number of aryl methyl sites for hydroxylation is 1. The summed E-state index contributed by atoms with van der Waals surface area (Å²) in [6.45, 7) is 2.53. The fraction of sp³-hybridized carbons (Fsp3) is 0.273. The molecule has 0 amide bonds. The normalized spacial score (nSPS) is 11.6. The molecule has 8 heteroatoms. The van der Waals surface area contributed by atoms with E-state index in [0.29, 0.717) is 18.7 Å². The van der Waals surface area contributed by atoms with Gasteiger partial charge in [0, 0.05) is 48.2 Å². The Morgan fingerprint density at radius 3 is 2.83 bits per heavy atom. The summed E-state index contributed by atoms with van der Waals surface area (Å²) < 4.78 is 1.95. The fourth-order valence-corrected chi connectivity index (χ4v) is 3.88. The highest BCUT2D eigenvalue weighted by molar-refractivity contribution is 7.09. The van der Waals surface area contributed by atoms with Gasteiger partial charge >= 0.3 is 5.97 Å². The molecule has 7 nitrogen and oxygen atoms in total. The number of carboxylic acids is 1. The first-order chi connectivity index (χ1) is 14.5. The van der Waals surface area contributed by atoms with Gasteiger partial charge in [0.25, 0.3) is 5.69 Å². The topological polar surface area (TPSA) is 98.3 Å². The van der Waals surface area contributed by atoms with Crippen LogP contribution in [0.15, 0.2) is 53.5 Å². The van der Waals surface area contributed by atoms with Crippen molar-refractivity contribution in [3.63, 3.8) is 0 Å². The number of nitro groups is 1. The van der Waals surface area contributed by atoms with Crippen molar-refractivity contribution >= 4 is 29.1 Å². The number of hydrogen-bond acceptors (Lipinski definition) is 5. The van der Waals surface area contributed by atoms with E-state index < -0.39 is 10.9 Å². The first kappa shape index (κ1) is 21.4. The molecule has 1 N–H and O–H groups in total. The number of unbranched alkanes of at least 4 members (excludes halogenated alkanes) is 1. The maximum atomic E-state index is 11.7. The first-order valence-electron chi connectivity index (χ1n) is 9.72. The Morgan fingerprint density at radius 2 is 2.17 bits per heavy atom. The van der Waals surface area contributed by atoms with Gasteiger partial charge in [-0.15, -0.1) is 11.3 Å². The zero-order valence-electron chi connectivity index (χ0n) is 16.7. The average molecular weight is 426 g/mol. The van der Waals surface area contributed by atoms with Crippen LogP contribution in [-0.4, -0.2) is 25.6 Å². The molecule has 0 unspecified atom stereocenters. The van der Waals surface area contributed by atoms with Crippen LogP contribution in [0, 0.1) is 10.1 Å². The van der Waals surface area contributed by atoms with Gasteiger partial charge in [0.05, 0.1) is 10.6 Å². The number of carbonyl (C=O) groups is 1. The van der Waals surface area contributed by atoms with E-state index in [2.05, 4.69) is 11.9 Å². The minimum Gasteiger partial charge on any atom is -0.478 e. The van der Waals surface area contributed by atoms with Crippen molar-refractivity contribution in [1.82, 2.24) is 9.55 Å². The van der Waals surface area contributed by atoms with Crippen molar-refractivity contribution in [2.75, 3.05) is 0 Å². The van der Waals surface area contributed by atoms with Gasteiger partial charge in [0.15, 0.2) is 0 Å². The Kier molecular flexibility index (Phi) is 7.13. The van der Waals surface area contributed by atoms with Crippen LogP contribution in [0.5, 0.6) is 0 Å². The van der Waals surface area contributed by atoms with E-state index in [1.54, 1.807) is 18.2 Å². The summed E-state index contributed by atoms with van der Waals surface area (Å²) in [5, 5.41) is 22.6. The van der Waals surface area contributed by atoms with Gasteiger partial charge in [-0.1, -0.05) is 31.5 Å². The van der Waals surface area contributed by atoms with E-state index in [1.165, 1.54) is 17.4 Å². The monoisotopic (exact) mass is 425 g/mol. The minimum atomic E-state index is -0.966. The lowest BCUT2D eigenvalue weighted by molar-refractivity contribution is -0.384. The van der Waals surface area contributed by atoms with Gasteiger partial charge in [-0.25, -0.2) is 9.78 Å². The molecule has 0 aliphatic rings. The molecule has 2 heterocycles. The Hall–Kier alpha value is -3.26. The molecule has 156 valence electrons. The fourth-order valence-electron chi connectivity index (χ4n) is 3.15. The predicted molar refractivity (Wildman–Crippen MR) is 117 cm³/mol. The smallest absolute Gasteiger partial charge is 0.332 e. The van der Waals surface area contributed by atoms with Crippen molar-refractivity contribution < 1.29 is 14.8 Å². The highest BCUT2D eigenvalue weighted by Crippen LogP contribution is 2.19. The number of benzene rings is 1. The van der Waals surface area contributed by atoms with E-state index in [9.17, 15) is 20.0 Å². The first-order valence-corrected chi connectivity index (χ1v) is 10.6. The maximum Gasteiger partial charge on any atom is 0.332 e. The van der Waals surface area contributed by atoms with E-state index in [1.807, 2.05) is 34.3 Å². The molecule has 0 spiro atoms. The van der Waals surface area contributed by atoms with Gasteiger partial charge in [0.1, 0.15) is 5.82 Å². The van der Waals surface area contributed by atoms with Gasteiger partial charge < -0.3 is 9.67 Å². The van der Waals surface area contributed by atoms with Crippen LogP contribution in [0.3, 0.4) is 0 Å². The molecular formula is C22H23N3O4S. The van der Waals surface area contributed by atoms with E-state index in [4.69, 9.17) is 0 Å². The van der Waals surface area contributed by atoms with Crippen LogP contribution in [-0.2, 0) is 24.2 Å². The number of thiophene rings is 1. The van der Waals surface area contributed by atoms with Crippen molar-refractivity contribution in [2.24, 2.45) is 0 Å². The minimum absolute atomic E-state index is 0.0481. The SMILES string of the molecule is CCCCc1nc(C=C(Cc2cccs2)C(=O)O)cn1Cc1cccc([N+](=O)[O-])c1. The highest BCUT2D eigenvalue weighted by Gasteiger charge is 2.14. The molecule has 0 saturated carbocycles. The summed E-state index contributed by atoms with van der Waals surface area (Å²) in [6.07, 6.45) is 6.49. The Morgan fingerprint density at radius 1 is 1.33 bits per heavy atom. The van der Waals surface area contributed by atoms with Gasteiger partial charge in [-0.2, -0.15) is 0 Å². The molecular weight excluding hydrogens is 402 g/mol. The van der Waals surface area contributed by atoms with Crippen molar-refractivity contribution in [3.8, 4) is 0 Å². The van der Waals surface area contributed by atoms with Crippen molar-refractivity contribution in [2.45, 2.75) is 39.2 Å².